The minimum Gasteiger partial charge on any atom is -0.872 e. The molecule has 192 valence electrons. The fourth-order valence-corrected chi connectivity index (χ4v) is 2.40. The first-order valence-corrected chi connectivity index (χ1v) is 10.6. The Labute approximate surface area is 232 Å². The van der Waals surface area contributed by atoms with Crippen LogP contribution < -0.4 is 39.4 Å². The van der Waals surface area contributed by atoms with Gasteiger partial charge in [-0.1, -0.05) is 48.5 Å². The number of ether oxygens (including phenoxy) is 4. The average molecular weight is 540 g/mol. The van der Waals surface area contributed by atoms with E-state index in [0.29, 0.717) is 23.0 Å². The van der Waals surface area contributed by atoms with E-state index in [2.05, 4.69) is 0 Å². The Bertz CT molecular complexity index is 972. The van der Waals surface area contributed by atoms with Crippen molar-refractivity contribution in [3.05, 3.63) is 97.1 Å². The summed E-state index contributed by atoms with van der Waals surface area (Å²) in [5, 5.41) is 42.3. The number of hydrogen-bond acceptors (Lipinski definition) is 8. The van der Waals surface area contributed by atoms with Crippen molar-refractivity contribution >= 4 is 0 Å². The van der Waals surface area contributed by atoms with Crippen molar-refractivity contribution in [2.24, 2.45) is 0 Å². The fraction of sp³-hybridized carbons (Fsp3) is 0.143. The number of hydrogen-bond donors (Lipinski definition) is 0. The maximum atomic E-state index is 10.6. The first-order valence-electron chi connectivity index (χ1n) is 10.6. The monoisotopic (exact) mass is 540 g/mol. The summed E-state index contributed by atoms with van der Waals surface area (Å²) >= 11 is 0. The third-order valence-corrected chi connectivity index (χ3v) is 4.16. The van der Waals surface area contributed by atoms with E-state index in [1.807, 2.05) is 0 Å². The van der Waals surface area contributed by atoms with Gasteiger partial charge >= 0.3 is 21.7 Å². The van der Waals surface area contributed by atoms with Crippen LogP contribution in [0.4, 0.5) is 0 Å². The molecule has 0 aliphatic carbocycles. The Hall–Kier alpha value is -4.01. The molecule has 37 heavy (non-hydrogen) atoms. The smallest absolute Gasteiger partial charge is 0.872 e. The van der Waals surface area contributed by atoms with Crippen LogP contribution in [0.5, 0.6) is 46.0 Å². The molecule has 0 N–H and O–H groups in total. The molecule has 0 aliphatic rings. The van der Waals surface area contributed by atoms with E-state index in [-0.39, 0.29) is 44.7 Å². The average Bonchev–Trinajstić information content (AvgIpc) is 2.89. The predicted molar refractivity (Wildman–Crippen MR) is 130 cm³/mol. The molecule has 0 bridgehead atoms. The van der Waals surface area contributed by atoms with Gasteiger partial charge in [-0.05, 0) is 48.5 Å². The molecule has 0 radical (unpaired) electrons. The third kappa shape index (κ3) is 14.9. The van der Waals surface area contributed by atoms with Crippen LogP contribution in [0.25, 0.3) is 0 Å². The molecule has 9 heteroatoms. The van der Waals surface area contributed by atoms with Crippen LogP contribution >= 0.6 is 0 Å². The van der Waals surface area contributed by atoms with Crippen molar-refractivity contribution in [2.45, 2.75) is 0 Å². The van der Waals surface area contributed by atoms with Crippen LogP contribution in [0.1, 0.15) is 0 Å². The van der Waals surface area contributed by atoms with Crippen molar-refractivity contribution < 1.29 is 61.1 Å². The summed E-state index contributed by atoms with van der Waals surface area (Å²) in [4.78, 5) is 0. The summed E-state index contributed by atoms with van der Waals surface area (Å²) in [6.07, 6.45) is 0. The molecule has 0 unspecified atom stereocenters. The van der Waals surface area contributed by atoms with Gasteiger partial charge in [-0.15, -0.1) is 23.0 Å². The van der Waals surface area contributed by atoms with Crippen LogP contribution in [-0.4, -0.2) is 28.4 Å². The molecule has 0 aromatic heterocycles. The molecule has 8 nitrogen and oxygen atoms in total. The second-order valence-electron chi connectivity index (χ2n) is 6.72. The molecule has 0 spiro atoms. The van der Waals surface area contributed by atoms with Gasteiger partial charge in [-0.25, -0.2) is 0 Å². The first-order chi connectivity index (χ1) is 17.3. The van der Waals surface area contributed by atoms with Crippen molar-refractivity contribution in [2.75, 3.05) is 28.4 Å². The minimum atomic E-state index is -0.0191. The van der Waals surface area contributed by atoms with Gasteiger partial charge in [0.15, 0.2) is 0 Å². The van der Waals surface area contributed by atoms with Crippen molar-refractivity contribution in [1.82, 2.24) is 0 Å². The van der Waals surface area contributed by atoms with Crippen LogP contribution in [-0.2, 0) is 21.7 Å². The van der Waals surface area contributed by atoms with Gasteiger partial charge in [-0.3, -0.25) is 0 Å². The van der Waals surface area contributed by atoms with E-state index in [4.69, 9.17) is 18.9 Å². The number of benzene rings is 4. The molecule has 4 aromatic carbocycles. The van der Waals surface area contributed by atoms with Crippen LogP contribution in [0, 0.1) is 0 Å². The normalized spacial score (nSPS) is 8.76. The van der Waals surface area contributed by atoms with E-state index in [9.17, 15) is 20.4 Å². The molecule has 0 atom stereocenters. The largest absolute Gasteiger partial charge is 4.00 e. The fourth-order valence-electron chi connectivity index (χ4n) is 2.40. The van der Waals surface area contributed by atoms with Gasteiger partial charge in [0.05, 0.1) is 28.4 Å². The summed E-state index contributed by atoms with van der Waals surface area (Å²) < 4.78 is 19.2. The summed E-state index contributed by atoms with van der Waals surface area (Å²) in [7, 11) is 6.15. The van der Waals surface area contributed by atoms with E-state index in [1.54, 1.807) is 48.5 Å². The maximum Gasteiger partial charge on any atom is 4.00 e. The molecule has 4 aromatic rings. The zero-order valence-electron chi connectivity index (χ0n) is 21.0. The Morgan fingerprint density at radius 3 is 0.676 bits per heavy atom. The zero-order valence-corrected chi connectivity index (χ0v) is 22.6. The van der Waals surface area contributed by atoms with E-state index < -0.39 is 0 Å². The SMILES string of the molecule is COc1cccc([O-])c1.COc1cccc([O-])c1.COc1cccc([O-])c1.COc1cccc([O-])c1.[Ti+4]. The summed E-state index contributed by atoms with van der Waals surface area (Å²) in [5.74, 6) is 2.38. The van der Waals surface area contributed by atoms with Crippen LogP contribution in [0.3, 0.4) is 0 Å². The van der Waals surface area contributed by atoms with E-state index >= 15 is 0 Å². The van der Waals surface area contributed by atoms with Crippen molar-refractivity contribution in [1.29, 1.82) is 0 Å². The maximum absolute atomic E-state index is 10.6. The van der Waals surface area contributed by atoms with E-state index in [1.165, 1.54) is 77.0 Å². The van der Waals surface area contributed by atoms with Crippen molar-refractivity contribution in [3.63, 3.8) is 0 Å². The third-order valence-electron chi connectivity index (χ3n) is 4.16. The topological polar surface area (TPSA) is 129 Å². The Balaban J connectivity index is 0.000000463. The molecule has 0 aliphatic heterocycles. The Morgan fingerprint density at radius 1 is 0.378 bits per heavy atom. The van der Waals surface area contributed by atoms with Crippen molar-refractivity contribution in [3.8, 4) is 46.0 Å². The van der Waals surface area contributed by atoms with Crippen LogP contribution in [0.2, 0.25) is 0 Å². The minimum absolute atomic E-state index is 0. The molecule has 0 amide bonds. The zero-order chi connectivity index (χ0) is 26.8. The molecule has 4 rings (SSSR count). The molecule has 0 heterocycles. The second kappa shape index (κ2) is 19.2. The van der Waals surface area contributed by atoms with Crippen LogP contribution in [0.15, 0.2) is 97.1 Å². The summed E-state index contributed by atoms with van der Waals surface area (Å²) in [5.41, 5.74) is 0. The first kappa shape index (κ1) is 33.0. The van der Waals surface area contributed by atoms with Gasteiger partial charge in [0.25, 0.3) is 0 Å². The van der Waals surface area contributed by atoms with Gasteiger partial charge in [0.2, 0.25) is 0 Å². The second-order valence-corrected chi connectivity index (χ2v) is 6.72. The summed E-state index contributed by atoms with van der Waals surface area (Å²) in [6.45, 7) is 0. The standard InChI is InChI=1S/4C7H8O2.Ti/c4*1-9-7-4-2-3-6(8)5-7;/h4*2-5,8H,1H3;/q;;;;+4/p-4. The quantitative estimate of drug-likeness (QED) is 0.361. The molecule has 0 fully saturated rings. The number of methoxy groups -OCH3 is 4. The van der Waals surface area contributed by atoms with E-state index in [0.717, 1.165) is 0 Å². The van der Waals surface area contributed by atoms with Gasteiger partial charge in [0, 0.05) is 0 Å². The number of rotatable bonds is 4. The Morgan fingerprint density at radius 2 is 0.568 bits per heavy atom. The summed E-state index contributed by atoms with van der Waals surface area (Å²) in [6, 6.07) is 25.4. The van der Waals surface area contributed by atoms with Gasteiger partial charge in [0.1, 0.15) is 23.0 Å². The molecular weight excluding hydrogens is 512 g/mol. The molecule has 0 saturated heterocycles. The van der Waals surface area contributed by atoms with Gasteiger partial charge < -0.3 is 39.4 Å². The Kier molecular flexibility index (Phi) is 17.1. The predicted octanol–water partition coefficient (Wildman–Crippen LogP) is 3.07. The molecular formula is C28H28O8Ti. The van der Waals surface area contributed by atoms with Gasteiger partial charge in [-0.2, -0.15) is 0 Å². The molecule has 0 saturated carbocycles.